The van der Waals surface area contributed by atoms with Crippen LogP contribution in [0.1, 0.15) is 0 Å². The van der Waals surface area contributed by atoms with Gasteiger partial charge in [-0.15, -0.1) is 4.40 Å². The second-order valence-corrected chi connectivity index (χ2v) is 7.05. The second kappa shape index (κ2) is 5.09. The van der Waals surface area contributed by atoms with E-state index in [1.807, 2.05) is 0 Å². The number of nitrogens with zero attached hydrogens (tertiary/aromatic N) is 2. The molecule has 0 bridgehead atoms. The third-order valence-electron chi connectivity index (χ3n) is 3.01. The van der Waals surface area contributed by atoms with Crippen molar-refractivity contribution in [2.45, 2.75) is 4.90 Å². The second-order valence-electron chi connectivity index (χ2n) is 4.44. The molecule has 7 heteroatoms. The monoisotopic (exact) mass is 322 g/mol. The molecule has 0 aliphatic heterocycles. The quantitative estimate of drug-likeness (QED) is 0.728. The van der Waals surface area contributed by atoms with Crippen LogP contribution in [-0.2, 0) is 17.1 Å². The molecule has 0 saturated carbocycles. The minimum Gasteiger partial charge on any atom is -0.319 e. The molecule has 0 aliphatic rings. The maximum Gasteiger partial charge on any atom is 0.285 e. The molecular weight excluding hydrogens is 311 g/mol. The van der Waals surface area contributed by atoms with E-state index in [0.29, 0.717) is 9.50 Å². The molecule has 1 heterocycles. The summed E-state index contributed by atoms with van der Waals surface area (Å²) in [4.78, 5) is 0.438. The number of aromatic nitrogens is 1. The van der Waals surface area contributed by atoms with Gasteiger partial charge in [-0.05, 0) is 30.3 Å². The van der Waals surface area contributed by atoms with Crippen molar-refractivity contribution in [3.8, 4) is 0 Å². The van der Waals surface area contributed by atoms with Gasteiger partial charge in [0.2, 0.25) is 4.80 Å². The number of hydrogen-bond acceptors (Lipinski definition) is 3. The zero-order valence-electron chi connectivity index (χ0n) is 11.0. The first-order valence-corrected chi connectivity index (χ1v) is 8.34. The molecule has 0 amide bonds. The van der Waals surface area contributed by atoms with E-state index >= 15 is 0 Å². The van der Waals surface area contributed by atoms with Crippen molar-refractivity contribution < 1.29 is 12.8 Å². The number of rotatable bonds is 2. The smallest absolute Gasteiger partial charge is 0.285 e. The summed E-state index contributed by atoms with van der Waals surface area (Å²) in [6.07, 6.45) is 0. The lowest BCUT2D eigenvalue weighted by Crippen LogP contribution is -2.13. The predicted octanol–water partition coefficient (Wildman–Crippen LogP) is 2.67. The molecule has 108 valence electrons. The Hall–Kier alpha value is -1.99. The van der Waals surface area contributed by atoms with E-state index < -0.39 is 10.0 Å². The van der Waals surface area contributed by atoms with Gasteiger partial charge in [-0.3, -0.25) is 0 Å². The van der Waals surface area contributed by atoms with Crippen LogP contribution >= 0.6 is 11.3 Å². The van der Waals surface area contributed by atoms with Gasteiger partial charge in [0.1, 0.15) is 5.82 Å². The summed E-state index contributed by atoms with van der Waals surface area (Å²) in [6, 6.07) is 12.3. The third kappa shape index (κ3) is 2.62. The molecule has 0 N–H and O–H groups in total. The lowest BCUT2D eigenvalue weighted by atomic mass is 10.3. The minimum atomic E-state index is -3.77. The van der Waals surface area contributed by atoms with E-state index in [4.69, 9.17) is 0 Å². The number of halogens is 1. The van der Waals surface area contributed by atoms with E-state index in [1.165, 1.54) is 24.3 Å². The van der Waals surface area contributed by atoms with Crippen LogP contribution < -0.4 is 4.80 Å². The van der Waals surface area contributed by atoms with Crippen molar-refractivity contribution in [1.82, 2.24) is 4.57 Å². The molecule has 0 fully saturated rings. The van der Waals surface area contributed by atoms with Crippen molar-refractivity contribution in [2.24, 2.45) is 11.4 Å². The average molecular weight is 322 g/mol. The molecule has 2 aromatic carbocycles. The van der Waals surface area contributed by atoms with Crippen LogP contribution in [0.15, 0.2) is 57.8 Å². The molecule has 0 aliphatic carbocycles. The first kappa shape index (κ1) is 14.0. The Bertz CT molecular complexity index is 973. The van der Waals surface area contributed by atoms with Crippen LogP contribution in [0, 0.1) is 5.82 Å². The largest absolute Gasteiger partial charge is 0.319 e. The normalized spacial score (nSPS) is 13.0. The Labute approximate surface area is 124 Å². The fraction of sp³-hybridized carbons (Fsp3) is 0.0714. The lowest BCUT2D eigenvalue weighted by molar-refractivity contribution is 0.596. The van der Waals surface area contributed by atoms with E-state index in [2.05, 4.69) is 4.40 Å². The minimum absolute atomic E-state index is 0.133. The number of hydrogen-bond donors (Lipinski definition) is 0. The summed E-state index contributed by atoms with van der Waals surface area (Å²) in [5.41, 5.74) is 0.739. The van der Waals surface area contributed by atoms with Gasteiger partial charge in [-0.25, -0.2) is 4.39 Å². The highest BCUT2D eigenvalue weighted by Gasteiger charge is 2.13. The summed E-state index contributed by atoms with van der Waals surface area (Å²) < 4.78 is 43.9. The Morgan fingerprint density at radius 1 is 1.14 bits per heavy atom. The van der Waals surface area contributed by atoms with Gasteiger partial charge >= 0.3 is 0 Å². The van der Waals surface area contributed by atoms with Crippen LogP contribution in [-0.4, -0.2) is 13.0 Å². The highest BCUT2D eigenvalue weighted by atomic mass is 32.2. The van der Waals surface area contributed by atoms with Crippen LogP contribution in [0.3, 0.4) is 0 Å². The molecule has 0 spiro atoms. The van der Waals surface area contributed by atoms with Crippen molar-refractivity contribution in [1.29, 1.82) is 0 Å². The van der Waals surface area contributed by atoms with Gasteiger partial charge < -0.3 is 4.57 Å². The Morgan fingerprint density at radius 2 is 1.86 bits per heavy atom. The van der Waals surface area contributed by atoms with Crippen molar-refractivity contribution in [3.63, 3.8) is 0 Å². The molecule has 0 radical (unpaired) electrons. The van der Waals surface area contributed by atoms with E-state index in [1.54, 1.807) is 35.9 Å². The van der Waals surface area contributed by atoms with Gasteiger partial charge in [0.25, 0.3) is 10.0 Å². The van der Waals surface area contributed by atoms with Gasteiger partial charge in [0, 0.05) is 7.05 Å². The number of fused-ring (bicyclic) bond motifs is 1. The van der Waals surface area contributed by atoms with Gasteiger partial charge in [0.15, 0.2) is 0 Å². The summed E-state index contributed by atoms with van der Waals surface area (Å²) >= 11 is 1.14. The van der Waals surface area contributed by atoms with Crippen molar-refractivity contribution >= 4 is 31.6 Å². The highest BCUT2D eigenvalue weighted by Crippen LogP contribution is 2.18. The Balaban J connectivity index is 2.23. The van der Waals surface area contributed by atoms with E-state index in [0.717, 1.165) is 16.9 Å². The molecular formula is C14H11FN2O2S2. The third-order valence-corrected chi connectivity index (χ3v) is 5.50. The predicted molar refractivity (Wildman–Crippen MR) is 79.9 cm³/mol. The molecule has 3 aromatic rings. The van der Waals surface area contributed by atoms with Crippen LogP contribution in [0.2, 0.25) is 0 Å². The summed E-state index contributed by atoms with van der Waals surface area (Å²) in [7, 11) is -2.07. The number of sulfonamides is 1. The molecule has 1 aromatic heterocycles. The van der Waals surface area contributed by atoms with Crippen LogP contribution in [0.25, 0.3) is 10.2 Å². The average Bonchev–Trinajstić information content (AvgIpc) is 2.75. The molecule has 21 heavy (non-hydrogen) atoms. The zero-order valence-corrected chi connectivity index (χ0v) is 12.7. The fourth-order valence-electron chi connectivity index (χ4n) is 1.94. The Kier molecular flexibility index (Phi) is 3.38. The first-order valence-electron chi connectivity index (χ1n) is 6.08. The SMILES string of the molecule is Cn1c(=NS(=O)(=O)c2ccccc2)sc2cc(F)ccc21. The number of benzene rings is 2. The maximum atomic E-state index is 13.2. The standard InChI is InChI=1S/C14H11FN2O2S2/c1-17-12-8-7-10(15)9-13(12)20-14(17)16-21(18,19)11-5-3-2-4-6-11/h2-9H,1H3. The van der Waals surface area contributed by atoms with Crippen LogP contribution in [0.5, 0.6) is 0 Å². The molecule has 3 rings (SSSR count). The van der Waals surface area contributed by atoms with E-state index in [9.17, 15) is 12.8 Å². The van der Waals surface area contributed by atoms with Crippen LogP contribution in [0.4, 0.5) is 4.39 Å². The Morgan fingerprint density at radius 3 is 2.57 bits per heavy atom. The zero-order chi connectivity index (χ0) is 15.0. The van der Waals surface area contributed by atoms with E-state index in [-0.39, 0.29) is 10.7 Å². The van der Waals surface area contributed by atoms with Gasteiger partial charge in [-0.1, -0.05) is 29.5 Å². The van der Waals surface area contributed by atoms with Crippen molar-refractivity contribution in [2.75, 3.05) is 0 Å². The summed E-state index contributed by atoms with van der Waals surface area (Å²) in [5.74, 6) is -0.359. The fourth-order valence-corrected chi connectivity index (χ4v) is 4.24. The summed E-state index contributed by atoms with van der Waals surface area (Å²) in [6.45, 7) is 0. The molecule has 0 saturated heterocycles. The number of aryl methyl sites for hydroxylation is 1. The van der Waals surface area contributed by atoms with Crippen molar-refractivity contribution in [3.05, 3.63) is 59.1 Å². The molecule has 0 unspecified atom stereocenters. The topological polar surface area (TPSA) is 51.4 Å². The first-order chi connectivity index (χ1) is 9.97. The van der Waals surface area contributed by atoms with Gasteiger partial charge in [0.05, 0.1) is 15.1 Å². The maximum absolute atomic E-state index is 13.2. The molecule has 0 atom stereocenters. The van der Waals surface area contributed by atoms with Gasteiger partial charge in [-0.2, -0.15) is 8.42 Å². The summed E-state index contributed by atoms with van der Waals surface area (Å²) in [5, 5.41) is 0. The molecule has 4 nitrogen and oxygen atoms in total. The lowest BCUT2D eigenvalue weighted by Gasteiger charge is -1.98. The highest BCUT2D eigenvalue weighted by molar-refractivity contribution is 7.90. The number of thiazole rings is 1.